The molecule has 0 unspecified atom stereocenters. The Hall–Kier alpha value is -2.14. The van der Waals surface area contributed by atoms with E-state index in [9.17, 15) is 14.5 Å². The van der Waals surface area contributed by atoms with Gasteiger partial charge in [-0.05, 0) is 24.1 Å². The summed E-state index contributed by atoms with van der Waals surface area (Å²) in [6.07, 6.45) is 0.660. The van der Waals surface area contributed by atoms with E-state index in [2.05, 4.69) is 0 Å². The summed E-state index contributed by atoms with van der Waals surface area (Å²) in [6.45, 7) is 1.89. The summed E-state index contributed by atoms with van der Waals surface area (Å²) in [5.41, 5.74) is 1.05. The lowest BCUT2D eigenvalue weighted by atomic mass is 10.1. The number of nitro groups is 1. The summed E-state index contributed by atoms with van der Waals surface area (Å²) < 4.78 is 19.3. The van der Waals surface area contributed by atoms with Crippen molar-refractivity contribution in [2.45, 2.75) is 19.2 Å². The van der Waals surface area contributed by atoms with E-state index in [0.29, 0.717) is 12.0 Å². The second-order valence-electron chi connectivity index (χ2n) is 4.38. The summed E-state index contributed by atoms with van der Waals surface area (Å²) in [4.78, 5) is 10.6. The predicted molar refractivity (Wildman–Crippen MR) is 78.5 cm³/mol. The van der Waals surface area contributed by atoms with Crippen LogP contribution in [0.25, 0.3) is 0 Å². The molecule has 0 N–H and O–H groups in total. The van der Waals surface area contributed by atoms with Gasteiger partial charge in [0, 0.05) is 11.6 Å². The molecule has 0 bridgehead atoms. The minimum atomic E-state index is -0.609. The fraction of sp³-hybridized carbons (Fsp3) is 0.200. The topological polar surface area (TPSA) is 52.4 Å². The standard InChI is InChI=1S/C15H13ClFNO3/c1-2-10-6-7-14(13(8-10)18(19)20)21-15-11(9-16)4-3-5-12(15)17/h3-8H,2,9H2,1H3. The summed E-state index contributed by atoms with van der Waals surface area (Å²) >= 11 is 5.74. The van der Waals surface area contributed by atoms with Crippen LogP contribution in [0.1, 0.15) is 18.1 Å². The van der Waals surface area contributed by atoms with Gasteiger partial charge < -0.3 is 4.74 Å². The highest BCUT2D eigenvalue weighted by atomic mass is 35.5. The average molecular weight is 310 g/mol. The fourth-order valence-corrected chi connectivity index (χ4v) is 2.11. The average Bonchev–Trinajstić information content (AvgIpc) is 2.49. The predicted octanol–water partition coefficient (Wildman–Crippen LogP) is 4.83. The smallest absolute Gasteiger partial charge is 0.311 e. The number of ether oxygens (including phenoxy) is 1. The van der Waals surface area contributed by atoms with Crippen molar-refractivity contribution < 1.29 is 14.1 Å². The van der Waals surface area contributed by atoms with Crippen molar-refractivity contribution in [1.82, 2.24) is 0 Å². The van der Waals surface area contributed by atoms with E-state index in [1.807, 2.05) is 6.92 Å². The number of rotatable bonds is 5. The number of hydrogen-bond donors (Lipinski definition) is 0. The number of alkyl halides is 1. The van der Waals surface area contributed by atoms with Gasteiger partial charge in [-0.3, -0.25) is 10.1 Å². The SMILES string of the molecule is CCc1ccc(Oc2c(F)cccc2CCl)c([N+](=O)[O-])c1. The van der Waals surface area contributed by atoms with Gasteiger partial charge in [-0.25, -0.2) is 4.39 Å². The van der Waals surface area contributed by atoms with Crippen LogP contribution in [0.4, 0.5) is 10.1 Å². The van der Waals surface area contributed by atoms with Gasteiger partial charge in [0.2, 0.25) is 5.75 Å². The summed E-state index contributed by atoms with van der Waals surface area (Å²) in [7, 11) is 0. The third-order valence-corrected chi connectivity index (χ3v) is 3.32. The van der Waals surface area contributed by atoms with Crippen LogP contribution in [0.15, 0.2) is 36.4 Å². The highest BCUT2D eigenvalue weighted by molar-refractivity contribution is 6.17. The lowest BCUT2D eigenvalue weighted by molar-refractivity contribution is -0.385. The van der Waals surface area contributed by atoms with Crippen LogP contribution in [-0.2, 0) is 12.3 Å². The molecule has 0 saturated carbocycles. The van der Waals surface area contributed by atoms with Gasteiger partial charge in [0.05, 0.1) is 10.8 Å². The molecule has 21 heavy (non-hydrogen) atoms. The number of halogens is 2. The largest absolute Gasteiger partial charge is 0.447 e. The maximum absolute atomic E-state index is 13.8. The van der Waals surface area contributed by atoms with E-state index in [4.69, 9.17) is 16.3 Å². The first kappa shape index (κ1) is 15.3. The Balaban J connectivity index is 2.47. The van der Waals surface area contributed by atoms with Crippen LogP contribution in [-0.4, -0.2) is 4.92 Å². The molecule has 0 saturated heterocycles. The lowest BCUT2D eigenvalue weighted by Gasteiger charge is -2.11. The van der Waals surface area contributed by atoms with Gasteiger partial charge in [-0.2, -0.15) is 0 Å². The van der Waals surface area contributed by atoms with Crippen molar-refractivity contribution in [2.24, 2.45) is 0 Å². The maximum Gasteiger partial charge on any atom is 0.311 e. The van der Waals surface area contributed by atoms with Gasteiger partial charge in [0.15, 0.2) is 11.6 Å². The second-order valence-corrected chi connectivity index (χ2v) is 4.64. The van der Waals surface area contributed by atoms with Gasteiger partial charge in [0.25, 0.3) is 0 Å². The molecule has 110 valence electrons. The van der Waals surface area contributed by atoms with Gasteiger partial charge in [-0.1, -0.05) is 25.1 Å². The fourth-order valence-electron chi connectivity index (χ4n) is 1.89. The minimum Gasteiger partial charge on any atom is -0.447 e. The molecule has 0 spiro atoms. The van der Waals surface area contributed by atoms with Gasteiger partial charge in [0.1, 0.15) is 0 Å². The Morgan fingerprint density at radius 1 is 1.33 bits per heavy atom. The second kappa shape index (κ2) is 6.54. The summed E-state index contributed by atoms with van der Waals surface area (Å²) in [6, 6.07) is 8.95. The van der Waals surface area contributed by atoms with Crippen LogP contribution < -0.4 is 4.74 Å². The van der Waals surface area contributed by atoms with Crippen molar-refractivity contribution in [2.75, 3.05) is 0 Å². The Kier molecular flexibility index (Phi) is 4.75. The third kappa shape index (κ3) is 3.31. The number of hydrogen-bond acceptors (Lipinski definition) is 3. The molecular weight excluding hydrogens is 297 g/mol. The number of nitro benzene ring substituents is 1. The first-order chi connectivity index (χ1) is 10.1. The van der Waals surface area contributed by atoms with Crippen molar-refractivity contribution in [3.05, 3.63) is 63.5 Å². The molecule has 6 heteroatoms. The first-order valence-electron chi connectivity index (χ1n) is 6.35. The first-order valence-corrected chi connectivity index (χ1v) is 6.88. The molecule has 0 aliphatic rings. The molecule has 2 aromatic rings. The lowest BCUT2D eigenvalue weighted by Crippen LogP contribution is -1.98. The van der Waals surface area contributed by atoms with Crippen LogP contribution in [0.3, 0.4) is 0 Å². The van der Waals surface area contributed by atoms with E-state index in [1.54, 1.807) is 12.1 Å². The molecule has 2 aromatic carbocycles. The summed E-state index contributed by atoms with van der Waals surface area (Å²) in [5, 5.41) is 11.1. The zero-order valence-electron chi connectivity index (χ0n) is 11.3. The molecular formula is C15H13ClFNO3. The van der Waals surface area contributed by atoms with Crippen LogP contribution in [0, 0.1) is 15.9 Å². The minimum absolute atomic E-state index is 0.00586. The number of aryl methyl sites for hydroxylation is 1. The van der Waals surface area contributed by atoms with Crippen molar-refractivity contribution in [1.29, 1.82) is 0 Å². The number of benzene rings is 2. The normalized spacial score (nSPS) is 10.4. The van der Waals surface area contributed by atoms with E-state index < -0.39 is 10.7 Å². The molecule has 2 rings (SSSR count). The Morgan fingerprint density at radius 2 is 2.10 bits per heavy atom. The van der Waals surface area contributed by atoms with Gasteiger partial charge >= 0.3 is 5.69 Å². The third-order valence-electron chi connectivity index (χ3n) is 3.03. The molecule has 0 aromatic heterocycles. The Morgan fingerprint density at radius 3 is 2.71 bits per heavy atom. The molecule has 0 aliphatic heterocycles. The zero-order valence-corrected chi connectivity index (χ0v) is 12.1. The highest BCUT2D eigenvalue weighted by Crippen LogP contribution is 2.35. The molecule has 0 amide bonds. The number of para-hydroxylation sites is 1. The van der Waals surface area contributed by atoms with Crippen molar-refractivity contribution >= 4 is 17.3 Å². The van der Waals surface area contributed by atoms with E-state index >= 15 is 0 Å². The summed E-state index contributed by atoms with van der Waals surface area (Å²) in [5.74, 6) is -0.649. The Labute approximate surface area is 126 Å². The molecule has 0 atom stereocenters. The zero-order chi connectivity index (χ0) is 15.4. The van der Waals surface area contributed by atoms with E-state index in [-0.39, 0.29) is 23.1 Å². The van der Waals surface area contributed by atoms with Crippen LogP contribution in [0.5, 0.6) is 11.5 Å². The van der Waals surface area contributed by atoms with Crippen LogP contribution >= 0.6 is 11.6 Å². The molecule has 0 fully saturated rings. The molecule has 0 aliphatic carbocycles. The van der Waals surface area contributed by atoms with E-state index in [1.165, 1.54) is 24.3 Å². The van der Waals surface area contributed by atoms with Crippen LogP contribution in [0.2, 0.25) is 0 Å². The monoisotopic (exact) mass is 309 g/mol. The van der Waals surface area contributed by atoms with Gasteiger partial charge in [-0.15, -0.1) is 11.6 Å². The molecule has 4 nitrogen and oxygen atoms in total. The Bertz CT molecular complexity index is 676. The van der Waals surface area contributed by atoms with E-state index in [0.717, 1.165) is 5.56 Å². The van der Waals surface area contributed by atoms with Crippen molar-refractivity contribution in [3.8, 4) is 11.5 Å². The molecule has 0 radical (unpaired) electrons. The highest BCUT2D eigenvalue weighted by Gasteiger charge is 2.19. The number of nitrogens with zero attached hydrogens (tertiary/aromatic N) is 1. The maximum atomic E-state index is 13.8. The van der Waals surface area contributed by atoms with Crippen molar-refractivity contribution in [3.63, 3.8) is 0 Å². The molecule has 0 heterocycles. The quantitative estimate of drug-likeness (QED) is 0.451.